The van der Waals surface area contributed by atoms with Crippen LogP contribution in [0.15, 0.2) is 170 Å². The van der Waals surface area contributed by atoms with Gasteiger partial charge in [0.2, 0.25) is 0 Å². The molecule has 11 aromatic rings. The second-order valence-electron chi connectivity index (χ2n) is 18.5. The molecule has 0 amide bonds. The Bertz CT molecular complexity index is 3650. The zero-order valence-corrected chi connectivity index (χ0v) is 35.0. The molecular weight excluding hydrogens is 739 g/mol. The van der Waals surface area contributed by atoms with Gasteiger partial charge in [0, 0.05) is 11.0 Å². The van der Waals surface area contributed by atoms with Gasteiger partial charge in [-0.15, -0.1) is 0 Å². The van der Waals surface area contributed by atoms with E-state index >= 15 is 0 Å². The standard InChI is InChI=1S/C58H43N3/c1-57(2,3)39-23-25-47-51(29-39)55(36-20-18-35-27-38(21-19-34(35)26-36)56-60-32-59-33-61-56)46-17-11-10-16-45(46)54(47)37-22-24-44-50-30-48-42-14-8-6-12-40(42)41-13-7-9-15-43(41)49(48)31-53(50)58(4,5)52(44)28-37/h6-33H,1-5H3. The summed E-state index contributed by atoms with van der Waals surface area (Å²) in [7, 11) is 0. The van der Waals surface area contributed by atoms with Crippen LogP contribution in [0.3, 0.4) is 0 Å². The summed E-state index contributed by atoms with van der Waals surface area (Å²) in [4.78, 5) is 12.8. The molecule has 0 N–H and O–H groups in total. The minimum atomic E-state index is -0.193. The number of fused-ring (bicyclic) bond motifs is 12. The SMILES string of the molecule is CC(C)(C)c1ccc2c(-c3ccc4c(c3)C(C)(C)c3cc5c6ccccc6c6ccccc6c5cc3-4)c3ccccc3c(-c3ccc4cc(-c5ncncn5)ccc4c3)c2c1. The average Bonchev–Trinajstić information content (AvgIpc) is 3.51. The van der Waals surface area contributed by atoms with Crippen molar-refractivity contribution in [3.63, 3.8) is 0 Å². The zero-order chi connectivity index (χ0) is 41.2. The molecule has 1 heterocycles. The van der Waals surface area contributed by atoms with Crippen LogP contribution in [0.4, 0.5) is 0 Å². The summed E-state index contributed by atoms with van der Waals surface area (Å²) in [6.45, 7) is 11.8. The zero-order valence-electron chi connectivity index (χ0n) is 35.0. The van der Waals surface area contributed by atoms with Gasteiger partial charge in [-0.1, -0.05) is 156 Å². The fraction of sp³-hybridized carbons (Fsp3) is 0.121. The van der Waals surface area contributed by atoms with Gasteiger partial charge in [0.25, 0.3) is 0 Å². The molecular formula is C58H43N3. The molecule has 290 valence electrons. The monoisotopic (exact) mass is 781 g/mol. The summed E-state index contributed by atoms with van der Waals surface area (Å²) >= 11 is 0. The van der Waals surface area contributed by atoms with Crippen molar-refractivity contribution in [3.05, 3.63) is 187 Å². The molecule has 0 radical (unpaired) electrons. The third kappa shape index (κ3) is 5.33. The highest BCUT2D eigenvalue weighted by atomic mass is 15.0. The molecule has 12 rings (SSSR count). The number of aromatic nitrogens is 3. The Balaban J connectivity index is 1.08. The second kappa shape index (κ2) is 12.9. The Morgan fingerprint density at radius 1 is 0.393 bits per heavy atom. The molecule has 0 atom stereocenters. The van der Waals surface area contributed by atoms with Gasteiger partial charge in [0.1, 0.15) is 12.7 Å². The Morgan fingerprint density at radius 3 is 1.52 bits per heavy atom. The first-order valence-corrected chi connectivity index (χ1v) is 21.3. The van der Waals surface area contributed by atoms with Crippen LogP contribution in [0.25, 0.3) is 109 Å². The van der Waals surface area contributed by atoms with E-state index in [4.69, 9.17) is 0 Å². The lowest BCUT2D eigenvalue weighted by Gasteiger charge is -2.24. The van der Waals surface area contributed by atoms with Crippen molar-refractivity contribution in [2.24, 2.45) is 0 Å². The van der Waals surface area contributed by atoms with E-state index in [9.17, 15) is 0 Å². The summed E-state index contributed by atoms with van der Waals surface area (Å²) in [6, 6.07) is 59.7. The van der Waals surface area contributed by atoms with Gasteiger partial charge in [0.05, 0.1) is 0 Å². The molecule has 61 heavy (non-hydrogen) atoms. The van der Waals surface area contributed by atoms with Crippen molar-refractivity contribution in [1.29, 1.82) is 0 Å². The number of hydrogen-bond donors (Lipinski definition) is 0. The third-order valence-electron chi connectivity index (χ3n) is 13.6. The molecule has 10 aromatic carbocycles. The molecule has 3 heteroatoms. The molecule has 0 aliphatic heterocycles. The van der Waals surface area contributed by atoms with Gasteiger partial charge in [-0.25, -0.2) is 15.0 Å². The minimum absolute atomic E-state index is 0.0182. The molecule has 1 aliphatic carbocycles. The normalized spacial score (nSPS) is 13.5. The Labute approximate surface area is 355 Å². The van der Waals surface area contributed by atoms with Crippen molar-refractivity contribution in [2.45, 2.75) is 45.4 Å². The Kier molecular flexibility index (Phi) is 7.54. The smallest absolute Gasteiger partial charge is 0.162 e. The lowest BCUT2D eigenvalue weighted by Crippen LogP contribution is -2.15. The van der Waals surface area contributed by atoms with Crippen molar-refractivity contribution in [1.82, 2.24) is 15.0 Å². The van der Waals surface area contributed by atoms with E-state index in [1.165, 1.54) is 109 Å². The van der Waals surface area contributed by atoms with E-state index < -0.39 is 0 Å². The second-order valence-corrected chi connectivity index (χ2v) is 18.5. The highest BCUT2D eigenvalue weighted by molar-refractivity contribution is 6.26. The molecule has 0 saturated carbocycles. The molecule has 1 aliphatic rings. The molecule has 1 aromatic heterocycles. The maximum atomic E-state index is 4.40. The van der Waals surface area contributed by atoms with Crippen LogP contribution in [-0.2, 0) is 10.8 Å². The maximum Gasteiger partial charge on any atom is 0.162 e. The van der Waals surface area contributed by atoms with E-state index in [2.05, 4.69) is 207 Å². The van der Waals surface area contributed by atoms with Crippen molar-refractivity contribution in [3.8, 4) is 44.8 Å². The van der Waals surface area contributed by atoms with Gasteiger partial charge >= 0.3 is 0 Å². The molecule has 0 saturated heterocycles. The number of hydrogen-bond acceptors (Lipinski definition) is 3. The average molecular weight is 782 g/mol. The summed E-state index contributed by atoms with van der Waals surface area (Å²) in [5, 5.41) is 15.3. The Morgan fingerprint density at radius 2 is 0.885 bits per heavy atom. The van der Waals surface area contributed by atoms with E-state index in [0.717, 1.165) is 10.9 Å². The maximum absolute atomic E-state index is 4.40. The van der Waals surface area contributed by atoms with E-state index in [1.807, 2.05) is 0 Å². The fourth-order valence-electron chi connectivity index (χ4n) is 10.5. The summed E-state index contributed by atoms with van der Waals surface area (Å²) in [5.41, 5.74) is 12.5. The van der Waals surface area contributed by atoms with Crippen LogP contribution < -0.4 is 0 Å². The molecule has 0 unspecified atom stereocenters. The van der Waals surface area contributed by atoms with Crippen LogP contribution in [0.1, 0.15) is 51.3 Å². The van der Waals surface area contributed by atoms with Crippen LogP contribution in [-0.4, -0.2) is 15.0 Å². The molecule has 0 bridgehead atoms. The van der Waals surface area contributed by atoms with Crippen molar-refractivity contribution in [2.75, 3.05) is 0 Å². The van der Waals surface area contributed by atoms with Crippen LogP contribution in [0.2, 0.25) is 0 Å². The number of nitrogens with zero attached hydrogens (tertiary/aromatic N) is 3. The number of benzene rings is 10. The number of rotatable bonds is 3. The first-order chi connectivity index (χ1) is 29.6. The topological polar surface area (TPSA) is 38.7 Å². The Hall–Kier alpha value is -7.23. The fourth-order valence-corrected chi connectivity index (χ4v) is 10.5. The summed E-state index contributed by atoms with van der Waals surface area (Å²) in [6.07, 6.45) is 3.10. The van der Waals surface area contributed by atoms with E-state index in [1.54, 1.807) is 12.7 Å². The lowest BCUT2D eigenvalue weighted by atomic mass is 9.79. The summed E-state index contributed by atoms with van der Waals surface area (Å²) in [5.74, 6) is 0.678. The van der Waals surface area contributed by atoms with Gasteiger partial charge in [0.15, 0.2) is 5.82 Å². The minimum Gasteiger partial charge on any atom is -0.225 e. The van der Waals surface area contributed by atoms with Gasteiger partial charge in [-0.2, -0.15) is 0 Å². The molecule has 0 fully saturated rings. The van der Waals surface area contributed by atoms with Crippen LogP contribution in [0, 0.1) is 0 Å². The molecule has 0 spiro atoms. The summed E-state index contributed by atoms with van der Waals surface area (Å²) < 4.78 is 0. The largest absolute Gasteiger partial charge is 0.225 e. The third-order valence-corrected chi connectivity index (χ3v) is 13.6. The van der Waals surface area contributed by atoms with E-state index in [-0.39, 0.29) is 10.8 Å². The van der Waals surface area contributed by atoms with Crippen molar-refractivity contribution < 1.29 is 0 Å². The van der Waals surface area contributed by atoms with Crippen molar-refractivity contribution >= 4 is 64.6 Å². The van der Waals surface area contributed by atoms with Crippen LogP contribution in [0.5, 0.6) is 0 Å². The molecule has 3 nitrogen and oxygen atoms in total. The quantitative estimate of drug-likeness (QED) is 0.132. The van der Waals surface area contributed by atoms with Gasteiger partial charge < -0.3 is 0 Å². The highest BCUT2D eigenvalue weighted by Gasteiger charge is 2.36. The van der Waals surface area contributed by atoms with Gasteiger partial charge in [-0.05, 0) is 157 Å². The first-order valence-electron chi connectivity index (χ1n) is 21.3. The van der Waals surface area contributed by atoms with E-state index in [0.29, 0.717) is 5.82 Å². The first kappa shape index (κ1) is 35.7. The van der Waals surface area contributed by atoms with Gasteiger partial charge in [-0.3, -0.25) is 0 Å². The predicted octanol–water partition coefficient (Wildman–Crippen LogP) is 15.4. The predicted molar refractivity (Wildman–Crippen MR) is 257 cm³/mol. The van der Waals surface area contributed by atoms with Crippen LogP contribution >= 0.6 is 0 Å². The lowest BCUT2D eigenvalue weighted by molar-refractivity contribution is 0.591. The highest BCUT2D eigenvalue weighted by Crippen LogP contribution is 2.53.